The molecule has 7 heteroatoms. The van der Waals surface area contributed by atoms with E-state index in [1.165, 1.54) is 25.3 Å². The molecule has 0 spiro atoms. The number of hydrogen-bond acceptors (Lipinski definition) is 5. The highest BCUT2D eigenvalue weighted by Gasteiger charge is 2.14. The first kappa shape index (κ1) is 11.8. The summed E-state index contributed by atoms with van der Waals surface area (Å²) in [6.07, 6.45) is 0. The van der Waals surface area contributed by atoms with Gasteiger partial charge in [0.1, 0.15) is 18.0 Å². The second-order valence-corrected chi connectivity index (χ2v) is 2.89. The highest BCUT2D eigenvalue weighted by atomic mass is 16.6. The van der Waals surface area contributed by atoms with Crippen LogP contribution in [0.1, 0.15) is 0 Å². The quantitative estimate of drug-likeness (QED) is 0.575. The Kier molecular flexibility index (Phi) is 3.65. The summed E-state index contributed by atoms with van der Waals surface area (Å²) < 4.78 is 4.89. The molecule has 2 N–H and O–H groups in total. The Labute approximate surface area is 90.8 Å². The van der Waals surface area contributed by atoms with Gasteiger partial charge >= 0.3 is 5.97 Å². The Morgan fingerprint density at radius 2 is 2.31 bits per heavy atom. The number of carboxylic acids is 1. The normalized spacial score (nSPS) is 9.56. The molecule has 0 unspecified atom stereocenters. The molecule has 0 heterocycles. The molecule has 0 atom stereocenters. The van der Waals surface area contributed by atoms with Crippen LogP contribution in [0.3, 0.4) is 0 Å². The fourth-order valence-corrected chi connectivity index (χ4v) is 1.11. The number of ether oxygens (including phenoxy) is 1. The van der Waals surface area contributed by atoms with E-state index in [-0.39, 0.29) is 11.4 Å². The molecular weight excluding hydrogens is 216 g/mol. The number of hydrogen-bond donors (Lipinski definition) is 2. The minimum Gasteiger partial charge on any atom is -0.497 e. The van der Waals surface area contributed by atoms with E-state index >= 15 is 0 Å². The topological polar surface area (TPSA) is 102 Å². The van der Waals surface area contributed by atoms with E-state index in [9.17, 15) is 14.9 Å². The third-order valence-corrected chi connectivity index (χ3v) is 1.83. The number of anilines is 1. The van der Waals surface area contributed by atoms with Gasteiger partial charge in [-0.25, -0.2) is 0 Å². The predicted octanol–water partition coefficient (Wildman–Crippen LogP) is 1.10. The highest BCUT2D eigenvalue weighted by Crippen LogP contribution is 2.28. The zero-order valence-corrected chi connectivity index (χ0v) is 8.47. The van der Waals surface area contributed by atoms with Crippen molar-refractivity contribution in [1.29, 1.82) is 0 Å². The van der Waals surface area contributed by atoms with E-state index in [0.29, 0.717) is 5.75 Å². The molecule has 0 saturated heterocycles. The number of carbonyl (C=O) groups is 1. The van der Waals surface area contributed by atoms with Gasteiger partial charge in [0, 0.05) is 12.1 Å². The van der Waals surface area contributed by atoms with Crippen LogP contribution < -0.4 is 10.1 Å². The van der Waals surface area contributed by atoms with E-state index in [1.807, 2.05) is 0 Å². The van der Waals surface area contributed by atoms with E-state index in [2.05, 4.69) is 5.32 Å². The Morgan fingerprint density at radius 1 is 1.62 bits per heavy atom. The van der Waals surface area contributed by atoms with Crippen molar-refractivity contribution in [3.63, 3.8) is 0 Å². The number of methoxy groups -OCH3 is 1. The summed E-state index contributed by atoms with van der Waals surface area (Å²) >= 11 is 0. The lowest BCUT2D eigenvalue weighted by atomic mass is 10.2. The van der Waals surface area contributed by atoms with E-state index in [0.717, 1.165) is 0 Å². The van der Waals surface area contributed by atoms with Crippen LogP contribution in [0.5, 0.6) is 5.75 Å². The minimum atomic E-state index is -1.10. The summed E-state index contributed by atoms with van der Waals surface area (Å²) in [5.74, 6) is -0.685. The third-order valence-electron chi connectivity index (χ3n) is 1.83. The van der Waals surface area contributed by atoms with Crippen LogP contribution >= 0.6 is 0 Å². The van der Waals surface area contributed by atoms with E-state index < -0.39 is 17.4 Å². The molecule has 0 amide bonds. The molecule has 0 aromatic heterocycles. The molecule has 1 aromatic carbocycles. The number of nitrogens with one attached hydrogen (secondary N) is 1. The molecule has 0 aliphatic rings. The molecule has 86 valence electrons. The summed E-state index contributed by atoms with van der Waals surface area (Å²) in [5.41, 5.74) is -0.0752. The van der Waals surface area contributed by atoms with Gasteiger partial charge in [-0.1, -0.05) is 0 Å². The third kappa shape index (κ3) is 2.84. The van der Waals surface area contributed by atoms with Crippen molar-refractivity contribution in [3.8, 4) is 5.75 Å². The average molecular weight is 226 g/mol. The second kappa shape index (κ2) is 4.96. The molecular formula is C9H10N2O5. The van der Waals surface area contributed by atoms with Gasteiger partial charge in [-0.2, -0.15) is 0 Å². The highest BCUT2D eigenvalue weighted by molar-refractivity contribution is 5.75. The van der Waals surface area contributed by atoms with Crippen molar-refractivity contribution >= 4 is 17.3 Å². The number of nitro benzene ring substituents is 1. The summed E-state index contributed by atoms with van der Waals surface area (Å²) in [6, 6.07) is 4.06. The molecule has 1 rings (SSSR count). The average Bonchev–Trinajstić information content (AvgIpc) is 2.25. The zero-order valence-electron chi connectivity index (χ0n) is 8.47. The molecule has 1 aromatic rings. The fraction of sp³-hybridized carbons (Fsp3) is 0.222. The number of nitro groups is 1. The van der Waals surface area contributed by atoms with Crippen LogP contribution in [-0.4, -0.2) is 29.7 Å². The van der Waals surface area contributed by atoms with Crippen LogP contribution in [0.15, 0.2) is 18.2 Å². The molecule has 16 heavy (non-hydrogen) atoms. The number of carboxylic acid groups (broad SMARTS) is 1. The monoisotopic (exact) mass is 226 g/mol. The Bertz CT molecular complexity index is 418. The maximum atomic E-state index is 10.6. The van der Waals surface area contributed by atoms with Crippen molar-refractivity contribution in [1.82, 2.24) is 0 Å². The van der Waals surface area contributed by atoms with E-state index in [1.54, 1.807) is 0 Å². The smallest absolute Gasteiger partial charge is 0.322 e. The Morgan fingerprint density at radius 3 is 2.81 bits per heavy atom. The van der Waals surface area contributed by atoms with Crippen molar-refractivity contribution in [2.24, 2.45) is 0 Å². The lowest BCUT2D eigenvalue weighted by Crippen LogP contribution is -2.13. The van der Waals surface area contributed by atoms with Gasteiger partial charge in [0.2, 0.25) is 0 Å². The first-order chi connectivity index (χ1) is 7.54. The lowest BCUT2D eigenvalue weighted by molar-refractivity contribution is -0.384. The Balaban J connectivity index is 3.00. The fourth-order valence-electron chi connectivity index (χ4n) is 1.11. The lowest BCUT2D eigenvalue weighted by Gasteiger charge is -2.06. The van der Waals surface area contributed by atoms with Gasteiger partial charge in [0.05, 0.1) is 12.0 Å². The molecule has 0 aliphatic heterocycles. The van der Waals surface area contributed by atoms with Crippen molar-refractivity contribution in [2.75, 3.05) is 19.0 Å². The summed E-state index contributed by atoms with van der Waals surface area (Å²) in [6.45, 7) is -0.395. The maximum Gasteiger partial charge on any atom is 0.322 e. The van der Waals surface area contributed by atoms with Gasteiger partial charge in [0.25, 0.3) is 5.69 Å². The molecule has 0 aliphatic carbocycles. The second-order valence-electron chi connectivity index (χ2n) is 2.89. The van der Waals surface area contributed by atoms with Crippen LogP contribution in [0.2, 0.25) is 0 Å². The van der Waals surface area contributed by atoms with Gasteiger partial charge in [0.15, 0.2) is 0 Å². The van der Waals surface area contributed by atoms with Gasteiger partial charge in [-0.15, -0.1) is 0 Å². The van der Waals surface area contributed by atoms with Crippen LogP contribution in [0.25, 0.3) is 0 Å². The van der Waals surface area contributed by atoms with E-state index in [4.69, 9.17) is 9.84 Å². The first-order valence-corrected chi connectivity index (χ1v) is 4.32. The number of nitrogens with zero attached hydrogens (tertiary/aromatic N) is 1. The molecule has 0 radical (unpaired) electrons. The van der Waals surface area contributed by atoms with Gasteiger partial charge in [-0.05, 0) is 6.07 Å². The number of rotatable bonds is 5. The number of aliphatic carboxylic acids is 1. The number of benzene rings is 1. The minimum absolute atomic E-state index is 0.117. The maximum absolute atomic E-state index is 10.6. The Hall–Kier alpha value is -2.31. The van der Waals surface area contributed by atoms with Crippen molar-refractivity contribution in [2.45, 2.75) is 0 Å². The molecule has 0 bridgehead atoms. The predicted molar refractivity (Wildman–Crippen MR) is 55.8 cm³/mol. The van der Waals surface area contributed by atoms with Crippen LogP contribution in [0, 0.1) is 10.1 Å². The van der Waals surface area contributed by atoms with Gasteiger partial charge in [-0.3, -0.25) is 14.9 Å². The van der Waals surface area contributed by atoms with Crippen LogP contribution in [-0.2, 0) is 4.79 Å². The molecule has 7 nitrogen and oxygen atoms in total. The zero-order chi connectivity index (χ0) is 12.1. The standard InChI is InChI=1S/C9H10N2O5/c1-16-6-2-3-8(11(14)15)7(4-6)10-5-9(12)13/h2-4,10H,5H2,1H3,(H,12,13). The molecule has 0 fully saturated rings. The SMILES string of the molecule is COc1ccc([N+](=O)[O-])c(NCC(=O)O)c1. The first-order valence-electron chi connectivity index (χ1n) is 4.32. The van der Waals surface area contributed by atoms with Crippen LogP contribution in [0.4, 0.5) is 11.4 Å². The van der Waals surface area contributed by atoms with Crippen molar-refractivity contribution in [3.05, 3.63) is 28.3 Å². The summed E-state index contributed by atoms with van der Waals surface area (Å²) in [5, 5.41) is 21.6. The van der Waals surface area contributed by atoms with Gasteiger partial charge < -0.3 is 15.2 Å². The largest absolute Gasteiger partial charge is 0.497 e. The van der Waals surface area contributed by atoms with Crippen molar-refractivity contribution < 1.29 is 19.6 Å². The molecule has 0 saturated carbocycles. The summed E-state index contributed by atoms with van der Waals surface area (Å²) in [7, 11) is 1.42. The summed E-state index contributed by atoms with van der Waals surface area (Å²) in [4.78, 5) is 20.4.